The summed E-state index contributed by atoms with van der Waals surface area (Å²) >= 11 is 0. The number of rotatable bonds is 2. The van der Waals surface area contributed by atoms with Crippen LogP contribution in [0.2, 0.25) is 0 Å². The molecule has 0 saturated carbocycles. The van der Waals surface area contributed by atoms with Gasteiger partial charge in [0.1, 0.15) is 11.5 Å². The van der Waals surface area contributed by atoms with E-state index < -0.39 is 5.82 Å². The van der Waals surface area contributed by atoms with Crippen molar-refractivity contribution in [2.45, 2.75) is 6.10 Å². The number of aromatic nitrogens is 1. The van der Waals surface area contributed by atoms with E-state index in [1.807, 2.05) is 25.2 Å². The first-order valence-corrected chi connectivity index (χ1v) is 6.01. The summed E-state index contributed by atoms with van der Waals surface area (Å²) in [5.74, 6) is 1.16. The summed E-state index contributed by atoms with van der Waals surface area (Å²) in [6, 6.07) is 8.64. The zero-order valence-corrected chi connectivity index (χ0v) is 10.4. The lowest BCUT2D eigenvalue weighted by molar-refractivity contribution is 0.202. The molecule has 0 unspecified atom stereocenters. The van der Waals surface area contributed by atoms with E-state index in [9.17, 15) is 4.39 Å². The second-order valence-electron chi connectivity index (χ2n) is 4.25. The number of halogens is 1. The van der Waals surface area contributed by atoms with Crippen molar-refractivity contribution in [3.8, 4) is 17.2 Å². The lowest BCUT2D eigenvalue weighted by Crippen LogP contribution is -2.22. The molecule has 0 amide bonds. The average Bonchev–Trinajstić information content (AvgIpc) is 2.55. The molecule has 0 spiro atoms. The lowest BCUT2D eigenvalue weighted by atomic mass is 10.2. The zero-order valence-electron chi connectivity index (χ0n) is 10.4. The number of para-hydroxylation sites is 2. The Kier molecular flexibility index (Phi) is 3.05. The number of fused-ring (bicyclic) bond motifs is 2. The van der Waals surface area contributed by atoms with E-state index in [-0.39, 0.29) is 6.10 Å². The van der Waals surface area contributed by atoms with Crippen molar-refractivity contribution in [1.29, 1.82) is 0 Å². The third kappa shape index (κ3) is 2.24. The number of nitrogens with one attached hydrogen (secondary N) is 1. The van der Waals surface area contributed by atoms with Gasteiger partial charge in [-0.05, 0) is 19.2 Å². The summed E-state index contributed by atoms with van der Waals surface area (Å²) < 4.78 is 24.9. The number of benzene rings is 1. The fourth-order valence-electron chi connectivity index (χ4n) is 2.04. The molecule has 0 aliphatic carbocycles. The molecule has 1 aromatic carbocycles. The number of pyridine rings is 1. The molecular weight excluding hydrogens is 247 g/mol. The van der Waals surface area contributed by atoms with Gasteiger partial charge in [0.05, 0.1) is 6.20 Å². The molecule has 98 valence electrons. The van der Waals surface area contributed by atoms with E-state index in [1.165, 1.54) is 12.3 Å². The first kappa shape index (κ1) is 11.9. The molecule has 2 aromatic rings. The predicted octanol–water partition coefficient (Wildman–Crippen LogP) is 2.67. The maximum atomic E-state index is 13.3. The molecule has 0 bridgehead atoms. The van der Waals surface area contributed by atoms with Crippen LogP contribution in [0.15, 0.2) is 36.5 Å². The highest BCUT2D eigenvalue weighted by atomic mass is 19.1. The minimum atomic E-state index is -0.429. The smallest absolute Gasteiger partial charge is 0.169 e. The molecule has 0 saturated heterocycles. The minimum Gasteiger partial charge on any atom is -0.479 e. The van der Waals surface area contributed by atoms with Gasteiger partial charge in [0.2, 0.25) is 0 Å². The van der Waals surface area contributed by atoms with Crippen molar-refractivity contribution in [3.05, 3.63) is 48.0 Å². The Morgan fingerprint density at radius 3 is 2.84 bits per heavy atom. The average molecular weight is 260 g/mol. The summed E-state index contributed by atoms with van der Waals surface area (Å²) in [5, 5.41) is 3.04. The molecule has 1 atom stereocenters. The van der Waals surface area contributed by atoms with Gasteiger partial charge in [-0.1, -0.05) is 12.1 Å². The van der Waals surface area contributed by atoms with Crippen molar-refractivity contribution >= 4 is 0 Å². The van der Waals surface area contributed by atoms with Crippen LogP contribution in [0.4, 0.5) is 4.39 Å². The maximum absolute atomic E-state index is 13.3. The SMILES string of the molecule is CNC[C@@H]1Oc2ccccc2Oc2cc(F)cnc21. The topological polar surface area (TPSA) is 43.4 Å². The molecule has 3 rings (SSSR count). The Hall–Kier alpha value is -2.14. The van der Waals surface area contributed by atoms with Gasteiger partial charge in [-0.15, -0.1) is 0 Å². The van der Waals surface area contributed by atoms with Gasteiger partial charge >= 0.3 is 0 Å². The number of nitrogens with zero attached hydrogens (tertiary/aromatic N) is 1. The molecule has 5 heteroatoms. The van der Waals surface area contributed by atoms with E-state index >= 15 is 0 Å². The monoisotopic (exact) mass is 260 g/mol. The van der Waals surface area contributed by atoms with Crippen LogP contribution >= 0.6 is 0 Å². The van der Waals surface area contributed by atoms with Crippen LogP contribution in [0.1, 0.15) is 11.8 Å². The van der Waals surface area contributed by atoms with E-state index in [1.54, 1.807) is 6.07 Å². The van der Waals surface area contributed by atoms with E-state index in [2.05, 4.69) is 10.3 Å². The van der Waals surface area contributed by atoms with Gasteiger partial charge in [0, 0.05) is 12.6 Å². The molecule has 0 fully saturated rings. The number of ether oxygens (including phenoxy) is 2. The molecule has 1 aromatic heterocycles. The molecule has 0 radical (unpaired) electrons. The highest BCUT2D eigenvalue weighted by Gasteiger charge is 2.25. The first-order valence-electron chi connectivity index (χ1n) is 6.01. The quantitative estimate of drug-likeness (QED) is 0.901. The van der Waals surface area contributed by atoms with Crippen LogP contribution in [-0.2, 0) is 0 Å². The number of hydrogen-bond donors (Lipinski definition) is 1. The zero-order chi connectivity index (χ0) is 13.2. The van der Waals surface area contributed by atoms with Crippen molar-refractivity contribution in [2.75, 3.05) is 13.6 Å². The first-order chi connectivity index (χ1) is 9.28. The van der Waals surface area contributed by atoms with Gasteiger partial charge in [-0.2, -0.15) is 0 Å². The third-order valence-electron chi connectivity index (χ3n) is 2.88. The summed E-state index contributed by atoms with van der Waals surface area (Å²) in [4.78, 5) is 4.10. The molecule has 1 aliphatic heterocycles. The van der Waals surface area contributed by atoms with Crippen LogP contribution in [0.25, 0.3) is 0 Å². The van der Waals surface area contributed by atoms with Crippen molar-refractivity contribution in [1.82, 2.24) is 10.3 Å². The predicted molar refractivity (Wildman–Crippen MR) is 68.0 cm³/mol. The van der Waals surface area contributed by atoms with E-state index in [0.717, 1.165) is 0 Å². The Bertz CT molecular complexity index is 604. The van der Waals surface area contributed by atoms with Crippen LogP contribution in [0.3, 0.4) is 0 Å². The number of likely N-dealkylation sites (N-methyl/N-ethyl adjacent to an activating group) is 1. The largest absolute Gasteiger partial charge is 0.479 e. The molecular formula is C14H13FN2O2. The highest BCUT2D eigenvalue weighted by molar-refractivity contribution is 5.46. The van der Waals surface area contributed by atoms with Gasteiger partial charge in [-0.25, -0.2) is 4.39 Å². The Morgan fingerprint density at radius 2 is 2.05 bits per heavy atom. The normalized spacial score (nSPS) is 16.6. The number of hydrogen-bond acceptors (Lipinski definition) is 4. The second-order valence-corrected chi connectivity index (χ2v) is 4.25. The molecule has 19 heavy (non-hydrogen) atoms. The van der Waals surface area contributed by atoms with E-state index in [4.69, 9.17) is 9.47 Å². The van der Waals surface area contributed by atoms with Crippen LogP contribution in [0, 0.1) is 5.82 Å². The second kappa shape index (κ2) is 4.85. The van der Waals surface area contributed by atoms with Crippen molar-refractivity contribution in [3.63, 3.8) is 0 Å². The van der Waals surface area contributed by atoms with Crippen LogP contribution < -0.4 is 14.8 Å². The summed E-state index contributed by atoms with van der Waals surface area (Å²) in [5.41, 5.74) is 0.590. The summed E-state index contributed by atoms with van der Waals surface area (Å²) in [6.45, 7) is 0.559. The van der Waals surface area contributed by atoms with Crippen molar-refractivity contribution in [2.24, 2.45) is 0 Å². The fourth-order valence-corrected chi connectivity index (χ4v) is 2.04. The maximum Gasteiger partial charge on any atom is 0.169 e. The van der Waals surface area contributed by atoms with Gasteiger partial charge in [0.25, 0.3) is 0 Å². The van der Waals surface area contributed by atoms with Gasteiger partial charge < -0.3 is 14.8 Å². The van der Waals surface area contributed by atoms with Crippen molar-refractivity contribution < 1.29 is 13.9 Å². The standard InChI is InChI=1S/C14H13FN2O2/c1-16-8-13-14-12(6-9(15)7-17-14)18-10-4-2-3-5-11(10)19-13/h2-7,13,16H,8H2,1H3/t13-/m0/s1. The van der Waals surface area contributed by atoms with Gasteiger partial charge in [-0.3, -0.25) is 4.98 Å². The molecule has 1 N–H and O–H groups in total. The summed E-state index contributed by atoms with van der Waals surface area (Å²) in [6.07, 6.45) is 0.855. The molecule has 2 heterocycles. The fraction of sp³-hybridized carbons (Fsp3) is 0.214. The molecule has 4 nitrogen and oxygen atoms in total. The highest BCUT2D eigenvalue weighted by Crippen LogP contribution is 2.40. The Morgan fingerprint density at radius 1 is 1.26 bits per heavy atom. The van der Waals surface area contributed by atoms with Crippen LogP contribution in [0.5, 0.6) is 17.2 Å². The lowest BCUT2D eigenvalue weighted by Gasteiger charge is -2.16. The van der Waals surface area contributed by atoms with Crippen LogP contribution in [-0.4, -0.2) is 18.6 Å². The summed E-state index contributed by atoms with van der Waals surface area (Å²) in [7, 11) is 1.82. The Labute approximate surface area is 110 Å². The molecule has 1 aliphatic rings. The third-order valence-corrected chi connectivity index (χ3v) is 2.88. The minimum absolute atomic E-state index is 0.316. The Balaban J connectivity index is 2.10. The van der Waals surface area contributed by atoms with Gasteiger partial charge in [0.15, 0.2) is 23.4 Å². The van der Waals surface area contributed by atoms with E-state index in [0.29, 0.717) is 29.5 Å².